The summed E-state index contributed by atoms with van der Waals surface area (Å²) in [4.78, 5) is 31.6. The van der Waals surface area contributed by atoms with Crippen LogP contribution in [0.15, 0.2) is 85.2 Å². The Hall–Kier alpha value is -3.93. The molecule has 6 nitrogen and oxygen atoms in total. The van der Waals surface area contributed by atoms with Crippen molar-refractivity contribution in [2.45, 2.75) is 18.9 Å². The summed E-state index contributed by atoms with van der Waals surface area (Å²) in [7, 11) is 3.83. The molecule has 0 spiro atoms. The van der Waals surface area contributed by atoms with Crippen molar-refractivity contribution in [2.75, 3.05) is 13.6 Å². The fourth-order valence-electron chi connectivity index (χ4n) is 4.04. The van der Waals surface area contributed by atoms with Crippen molar-refractivity contribution in [3.8, 4) is 0 Å². The molecule has 4 rings (SSSR count). The summed E-state index contributed by atoms with van der Waals surface area (Å²) in [5.41, 5.74) is 3.29. The number of nitrogens with zero attached hydrogens (tertiary/aromatic N) is 3. The molecule has 0 saturated heterocycles. The van der Waals surface area contributed by atoms with Crippen molar-refractivity contribution in [1.82, 2.24) is 19.8 Å². The lowest BCUT2D eigenvalue weighted by Gasteiger charge is -2.29. The van der Waals surface area contributed by atoms with E-state index in [1.54, 1.807) is 29.3 Å². The highest BCUT2D eigenvalue weighted by molar-refractivity contribution is 5.98. The fourth-order valence-corrected chi connectivity index (χ4v) is 4.04. The van der Waals surface area contributed by atoms with Crippen LogP contribution in [0.5, 0.6) is 0 Å². The first kappa shape index (κ1) is 22.3. The zero-order valence-electron chi connectivity index (χ0n) is 18.9. The summed E-state index contributed by atoms with van der Waals surface area (Å²) in [6, 6.07) is 23.1. The zero-order chi connectivity index (χ0) is 23.2. The van der Waals surface area contributed by atoms with Crippen LogP contribution in [0.25, 0.3) is 10.9 Å². The van der Waals surface area contributed by atoms with Crippen LogP contribution in [0.2, 0.25) is 0 Å². The Morgan fingerprint density at radius 1 is 1.03 bits per heavy atom. The maximum atomic E-state index is 13.4. The molecule has 2 amide bonds. The standard InChI is InChI=1S/C27H28N4O2/c1-30-17-14-21-19-22(11-12-25(21)30)27(33)31(2)23(18-20-8-4-3-5-9-20)13-16-29-26(32)24-10-6-7-15-28-24/h3-12,14-15,17,19,23H,13,16,18H2,1-2H3,(H,29,32). The van der Waals surface area contributed by atoms with Crippen LogP contribution >= 0.6 is 0 Å². The largest absolute Gasteiger partial charge is 0.351 e. The minimum atomic E-state index is -0.211. The monoisotopic (exact) mass is 440 g/mol. The SMILES string of the molecule is CN(C(=O)c1ccc2c(ccn2C)c1)C(CCNC(=O)c1ccccn1)Cc1ccccc1. The van der Waals surface area contributed by atoms with E-state index in [-0.39, 0.29) is 17.9 Å². The Bertz CT molecular complexity index is 1230. The van der Waals surface area contributed by atoms with Gasteiger partial charge in [-0.3, -0.25) is 14.6 Å². The average Bonchev–Trinajstić information content (AvgIpc) is 3.23. The first-order valence-electron chi connectivity index (χ1n) is 11.1. The lowest BCUT2D eigenvalue weighted by Crippen LogP contribution is -2.41. The number of rotatable bonds is 8. The molecule has 0 aliphatic heterocycles. The molecule has 1 N–H and O–H groups in total. The molecule has 1 unspecified atom stereocenters. The molecule has 0 aliphatic rings. The maximum Gasteiger partial charge on any atom is 0.269 e. The highest BCUT2D eigenvalue weighted by Gasteiger charge is 2.22. The molecule has 33 heavy (non-hydrogen) atoms. The lowest BCUT2D eigenvalue weighted by molar-refractivity contribution is 0.0723. The van der Waals surface area contributed by atoms with Gasteiger partial charge in [0, 0.05) is 55.5 Å². The topological polar surface area (TPSA) is 67.2 Å². The third-order valence-corrected chi connectivity index (χ3v) is 5.98. The predicted octanol–water partition coefficient (Wildman–Crippen LogP) is 4.08. The molecule has 0 saturated carbocycles. The molecule has 168 valence electrons. The van der Waals surface area contributed by atoms with Crippen LogP contribution in [0, 0.1) is 0 Å². The molecule has 0 fully saturated rings. The quantitative estimate of drug-likeness (QED) is 0.449. The normalized spacial score (nSPS) is 11.8. The highest BCUT2D eigenvalue weighted by atomic mass is 16.2. The van der Waals surface area contributed by atoms with E-state index in [9.17, 15) is 9.59 Å². The summed E-state index contributed by atoms with van der Waals surface area (Å²) in [5, 5.41) is 3.97. The second kappa shape index (κ2) is 10.1. The van der Waals surface area contributed by atoms with Crippen LogP contribution in [0.4, 0.5) is 0 Å². The van der Waals surface area contributed by atoms with Crippen LogP contribution in [0.3, 0.4) is 0 Å². The number of hydrogen-bond donors (Lipinski definition) is 1. The number of pyridine rings is 1. The lowest BCUT2D eigenvalue weighted by atomic mass is 10.0. The van der Waals surface area contributed by atoms with E-state index in [1.807, 2.05) is 67.3 Å². The Morgan fingerprint density at radius 2 is 1.82 bits per heavy atom. The molecule has 2 aromatic heterocycles. The van der Waals surface area contributed by atoms with Gasteiger partial charge in [-0.25, -0.2) is 0 Å². The van der Waals surface area contributed by atoms with Gasteiger partial charge < -0.3 is 14.8 Å². The molecule has 1 atom stereocenters. The first-order valence-corrected chi connectivity index (χ1v) is 11.1. The van der Waals surface area contributed by atoms with Gasteiger partial charge in [-0.2, -0.15) is 0 Å². The summed E-state index contributed by atoms with van der Waals surface area (Å²) < 4.78 is 2.04. The van der Waals surface area contributed by atoms with Crippen LogP contribution < -0.4 is 5.32 Å². The summed E-state index contributed by atoms with van der Waals surface area (Å²) in [6.45, 7) is 0.447. The Kier molecular flexibility index (Phi) is 6.83. The van der Waals surface area contributed by atoms with Gasteiger partial charge in [0.2, 0.25) is 0 Å². The molecular formula is C27H28N4O2. The Balaban J connectivity index is 1.48. The smallest absolute Gasteiger partial charge is 0.269 e. The molecule has 2 heterocycles. The van der Waals surface area contributed by atoms with E-state index in [0.29, 0.717) is 30.6 Å². The number of nitrogens with one attached hydrogen (secondary N) is 1. The third-order valence-electron chi connectivity index (χ3n) is 5.98. The molecule has 0 bridgehead atoms. The molecular weight excluding hydrogens is 412 g/mol. The number of amides is 2. The van der Waals surface area contributed by atoms with Gasteiger partial charge in [-0.15, -0.1) is 0 Å². The van der Waals surface area contributed by atoms with Crippen molar-refractivity contribution >= 4 is 22.7 Å². The summed E-state index contributed by atoms with van der Waals surface area (Å²) in [6.07, 6.45) is 4.92. The summed E-state index contributed by atoms with van der Waals surface area (Å²) in [5.74, 6) is -0.240. The molecule has 0 radical (unpaired) electrons. The number of aryl methyl sites for hydroxylation is 1. The van der Waals surface area contributed by atoms with E-state index >= 15 is 0 Å². The van der Waals surface area contributed by atoms with Gasteiger partial charge in [0.05, 0.1) is 0 Å². The van der Waals surface area contributed by atoms with Crippen LogP contribution in [-0.4, -0.2) is 45.9 Å². The third kappa shape index (κ3) is 5.29. The second-order valence-corrected chi connectivity index (χ2v) is 8.22. The van der Waals surface area contributed by atoms with E-state index < -0.39 is 0 Å². The van der Waals surface area contributed by atoms with E-state index in [4.69, 9.17) is 0 Å². The van der Waals surface area contributed by atoms with Gasteiger partial charge >= 0.3 is 0 Å². The highest BCUT2D eigenvalue weighted by Crippen LogP contribution is 2.20. The maximum absolute atomic E-state index is 13.4. The van der Waals surface area contributed by atoms with Crippen LogP contribution in [0.1, 0.15) is 32.8 Å². The van der Waals surface area contributed by atoms with Crippen molar-refractivity contribution in [1.29, 1.82) is 0 Å². The van der Waals surface area contributed by atoms with Gasteiger partial charge in [-0.1, -0.05) is 36.4 Å². The Labute approximate surface area is 193 Å². The minimum absolute atomic E-state index is 0.0299. The molecule has 2 aromatic carbocycles. The minimum Gasteiger partial charge on any atom is -0.351 e. The summed E-state index contributed by atoms with van der Waals surface area (Å²) >= 11 is 0. The number of carbonyl (C=O) groups excluding carboxylic acids is 2. The number of likely N-dealkylation sites (N-methyl/N-ethyl adjacent to an activating group) is 1. The van der Waals surface area contributed by atoms with E-state index in [1.165, 1.54) is 0 Å². The molecule has 0 aliphatic carbocycles. The van der Waals surface area contributed by atoms with Crippen molar-refractivity contribution in [2.24, 2.45) is 7.05 Å². The molecule has 4 aromatic rings. The number of aromatic nitrogens is 2. The second-order valence-electron chi connectivity index (χ2n) is 8.22. The van der Waals surface area contributed by atoms with Crippen molar-refractivity contribution < 1.29 is 9.59 Å². The number of hydrogen-bond acceptors (Lipinski definition) is 3. The van der Waals surface area contributed by atoms with Crippen LogP contribution in [-0.2, 0) is 13.5 Å². The van der Waals surface area contributed by atoms with Gasteiger partial charge in [-0.05, 0) is 54.8 Å². The van der Waals surface area contributed by atoms with Gasteiger partial charge in [0.15, 0.2) is 0 Å². The van der Waals surface area contributed by atoms with E-state index in [2.05, 4.69) is 22.4 Å². The predicted molar refractivity (Wildman–Crippen MR) is 130 cm³/mol. The Morgan fingerprint density at radius 3 is 2.58 bits per heavy atom. The zero-order valence-corrected chi connectivity index (χ0v) is 18.9. The van der Waals surface area contributed by atoms with Crippen molar-refractivity contribution in [3.05, 3.63) is 102 Å². The van der Waals surface area contributed by atoms with Gasteiger partial charge in [0.25, 0.3) is 11.8 Å². The fraction of sp³-hybridized carbons (Fsp3) is 0.222. The first-order chi connectivity index (χ1) is 16.0. The average molecular weight is 441 g/mol. The van der Waals surface area contributed by atoms with E-state index in [0.717, 1.165) is 16.5 Å². The number of fused-ring (bicyclic) bond motifs is 1. The molecule has 6 heteroatoms. The number of carbonyl (C=O) groups is 2. The van der Waals surface area contributed by atoms with Crippen molar-refractivity contribution in [3.63, 3.8) is 0 Å². The van der Waals surface area contributed by atoms with Gasteiger partial charge in [0.1, 0.15) is 5.69 Å². The number of benzene rings is 2.